The van der Waals surface area contributed by atoms with Gasteiger partial charge in [0.2, 0.25) is 0 Å². The van der Waals surface area contributed by atoms with Crippen LogP contribution in [0.15, 0.2) is 30.7 Å². The molecule has 0 aliphatic rings. The lowest BCUT2D eigenvalue weighted by molar-refractivity contribution is 0.979. The highest BCUT2D eigenvalue weighted by molar-refractivity contribution is 5.35. The van der Waals surface area contributed by atoms with Crippen molar-refractivity contribution in [2.75, 3.05) is 5.73 Å². The normalized spacial score (nSPS) is 10.3. The summed E-state index contributed by atoms with van der Waals surface area (Å²) in [6.07, 6.45) is 6.75. The first-order chi connectivity index (χ1) is 7.79. The molecule has 2 aromatic heterocycles. The molecule has 0 amide bonds. The molecule has 0 atom stereocenters. The van der Waals surface area contributed by atoms with Crippen molar-refractivity contribution in [2.24, 2.45) is 0 Å². The molecule has 4 heteroatoms. The van der Waals surface area contributed by atoms with E-state index in [1.54, 1.807) is 12.4 Å². The summed E-state index contributed by atoms with van der Waals surface area (Å²) in [7, 11) is 0. The van der Waals surface area contributed by atoms with Crippen LogP contribution in [0.3, 0.4) is 0 Å². The summed E-state index contributed by atoms with van der Waals surface area (Å²) in [5.74, 6) is 0.476. The number of anilines is 1. The quantitative estimate of drug-likeness (QED) is 0.843. The lowest BCUT2D eigenvalue weighted by atomic mass is 10.1. The minimum absolute atomic E-state index is 0.476. The number of nitrogen functional groups attached to an aromatic ring is 1. The summed E-state index contributed by atoms with van der Waals surface area (Å²) in [4.78, 5) is 12.5. The van der Waals surface area contributed by atoms with Crippen LogP contribution in [0.25, 0.3) is 0 Å². The van der Waals surface area contributed by atoms with E-state index < -0.39 is 0 Å². The van der Waals surface area contributed by atoms with Crippen LogP contribution in [0.5, 0.6) is 0 Å². The van der Waals surface area contributed by atoms with Crippen molar-refractivity contribution >= 4 is 5.82 Å². The molecule has 82 valence electrons. The molecule has 2 heterocycles. The van der Waals surface area contributed by atoms with Gasteiger partial charge in [0.15, 0.2) is 0 Å². The van der Waals surface area contributed by atoms with Crippen LogP contribution in [0.2, 0.25) is 0 Å². The zero-order valence-corrected chi connectivity index (χ0v) is 9.22. The molecule has 0 aliphatic carbocycles. The first kappa shape index (κ1) is 10.5. The average Bonchev–Trinajstić information content (AvgIpc) is 2.33. The smallest absolute Gasteiger partial charge is 0.145 e. The monoisotopic (exact) mass is 214 g/mol. The van der Waals surface area contributed by atoms with E-state index in [-0.39, 0.29) is 0 Å². The van der Waals surface area contributed by atoms with Crippen molar-refractivity contribution in [3.05, 3.63) is 47.7 Å². The second-order valence-corrected chi connectivity index (χ2v) is 3.58. The standard InChI is InChI=1S/C12H14N4/c1-2-9-3-4-10(16-8-9)7-11-12(13)15-6-5-14-11/h3-6,8H,2,7H2,1H3,(H2,13,15). The molecule has 0 unspecified atom stereocenters. The van der Waals surface area contributed by atoms with Gasteiger partial charge in [-0.3, -0.25) is 9.97 Å². The first-order valence-corrected chi connectivity index (χ1v) is 5.28. The van der Waals surface area contributed by atoms with Gasteiger partial charge in [-0.15, -0.1) is 0 Å². The number of hydrogen-bond acceptors (Lipinski definition) is 4. The predicted molar refractivity (Wildman–Crippen MR) is 62.9 cm³/mol. The van der Waals surface area contributed by atoms with Crippen molar-refractivity contribution in [2.45, 2.75) is 19.8 Å². The topological polar surface area (TPSA) is 64.7 Å². The fourth-order valence-corrected chi connectivity index (χ4v) is 1.45. The number of aryl methyl sites for hydroxylation is 1. The molecule has 0 spiro atoms. The van der Waals surface area contributed by atoms with Crippen LogP contribution in [0, 0.1) is 0 Å². The SMILES string of the molecule is CCc1ccc(Cc2nccnc2N)nc1. The van der Waals surface area contributed by atoms with E-state index in [0.29, 0.717) is 12.2 Å². The van der Waals surface area contributed by atoms with E-state index in [0.717, 1.165) is 17.8 Å². The summed E-state index contributed by atoms with van der Waals surface area (Å²) in [5.41, 5.74) is 8.69. The van der Waals surface area contributed by atoms with Crippen LogP contribution in [-0.2, 0) is 12.8 Å². The number of nitrogens with zero attached hydrogens (tertiary/aromatic N) is 3. The van der Waals surface area contributed by atoms with Crippen LogP contribution in [0.4, 0.5) is 5.82 Å². The van der Waals surface area contributed by atoms with Gasteiger partial charge in [0.1, 0.15) is 5.82 Å². The highest BCUT2D eigenvalue weighted by Gasteiger charge is 2.03. The molecule has 2 N–H and O–H groups in total. The van der Waals surface area contributed by atoms with Crippen LogP contribution < -0.4 is 5.73 Å². The summed E-state index contributed by atoms with van der Waals surface area (Å²) < 4.78 is 0. The third-order valence-corrected chi connectivity index (χ3v) is 2.45. The van der Waals surface area contributed by atoms with Crippen LogP contribution >= 0.6 is 0 Å². The van der Waals surface area contributed by atoms with E-state index in [9.17, 15) is 0 Å². The Labute approximate surface area is 94.6 Å². The highest BCUT2D eigenvalue weighted by atomic mass is 14.9. The Balaban J connectivity index is 2.18. The number of aromatic nitrogens is 3. The van der Waals surface area contributed by atoms with Gasteiger partial charge in [-0.05, 0) is 18.1 Å². The minimum atomic E-state index is 0.476. The predicted octanol–water partition coefficient (Wildman–Crippen LogP) is 1.61. The van der Waals surface area contributed by atoms with Gasteiger partial charge in [0, 0.05) is 30.7 Å². The number of nitrogens with two attached hydrogens (primary N) is 1. The molecule has 0 bridgehead atoms. The average molecular weight is 214 g/mol. The maximum atomic E-state index is 5.72. The van der Waals surface area contributed by atoms with Crippen molar-refractivity contribution in [3.63, 3.8) is 0 Å². The molecular weight excluding hydrogens is 200 g/mol. The number of rotatable bonds is 3. The lowest BCUT2D eigenvalue weighted by Gasteiger charge is -2.03. The molecule has 0 saturated carbocycles. The first-order valence-electron chi connectivity index (χ1n) is 5.28. The van der Waals surface area contributed by atoms with E-state index in [1.165, 1.54) is 5.56 Å². The fourth-order valence-electron chi connectivity index (χ4n) is 1.45. The van der Waals surface area contributed by atoms with Gasteiger partial charge in [-0.25, -0.2) is 4.98 Å². The maximum absolute atomic E-state index is 5.72. The van der Waals surface area contributed by atoms with E-state index in [4.69, 9.17) is 5.73 Å². The van der Waals surface area contributed by atoms with Gasteiger partial charge >= 0.3 is 0 Å². The zero-order valence-electron chi connectivity index (χ0n) is 9.22. The zero-order chi connectivity index (χ0) is 11.4. The molecule has 0 fully saturated rings. The van der Waals surface area contributed by atoms with Crippen molar-refractivity contribution in [3.8, 4) is 0 Å². The molecule has 0 aromatic carbocycles. The Morgan fingerprint density at radius 2 is 1.94 bits per heavy atom. The highest BCUT2D eigenvalue weighted by Crippen LogP contribution is 2.10. The van der Waals surface area contributed by atoms with Crippen molar-refractivity contribution in [1.29, 1.82) is 0 Å². The Morgan fingerprint density at radius 1 is 1.12 bits per heavy atom. The largest absolute Gasteiger partial charge is 0.382 e. The Morgan fingerprint density at radius 3 is 2.56 bits per heavy atom. The molecule has 2 rings (SSSR count). The Kier molecular flexibility index (Phi) is 3.10. The van der Waals surface area contributed by atoms with Crippen molar-refractivity contribution in [1.82, 2.24) is 15.0 Å². The van der Waals surface area contributed by atoms with Gasteiger partial charge in [0.05, 0.1) is 5.69 Å². The van der Waals surface area contributed by atoms with Gasteiger partial charge < -0.3 is 5.73 Å². The maximum Gasteiger partial charge on any atom is 0.145 e. The molecule has 4 nitrogen and oxygen atoms in total. The summed E-state index contributed by atoms with van der Waals surface area (Å²) in [6, 6.07) is 4.09. The van der Waals surface area contributed by atoms with Crippen LogP contribution in [0.1, 0.15) is 23.9 Å². The Bertz CT molecular complexity index is 465. The van der Waals surface area contributed by atoms with Gasteiger partial charge in [-0.2, -0.15) is 0 Å². The fraction of sp³-hybridized carbons (Fsp3) is 0.250. The molecule has 0 aliphatic heterocycles. The van der Waals surface area contributed by atoms with E-state index in [2.05, 4.69) is 27.9 Å². The second-order valence-electron chi connectivity index (χ2n) is 3.58. The van der Waals surface area contributed by atoms with E-state index in [1.807, 2.05) is 12.3 Å². The van der Waals surface area contributed by atoms with Gasteiger partial charge in [-0.1, -0.05) is 13.0 Å². The molecule has 16 heavy (non-hydrogen) atoms. The van der Waals surface area contributed by atoms with Crippen LogP contribution in [-0.4, -0.2) is 15.0 Å². The molecular formula is C12H14N4. The molecule has 0 saturated heterocycles. The summed E-state index contributed by atoms with van der Waals surface area (Å²) in [6.45, 7) is 2.11. The third-order valence-electron chi connectivity index (χ3n) is 2.45. The van der Waals surface area contributed by atoms with Crippen molar-refractivity contribution < 1.29 is 0 Å². The third kappa shape index (κ3) is 2.34. The second kappa shape index (κ2) is 4.70. The molecule has 2 aromatic rings. The Hall–Kier alpha value is -1.97. The number of pyridine rings is 1. The lowest BCUT2D eigenvalue weighted by Crippen LogP contribution is -2.02. The van der Waals surface area contributed by atoms with Gasteiger partial charge in [0.25, 0.3) is 0 Å². The summed E-state index contributed by atoms with van der Waals surface area (Å²) >= 11 is 0. The minimum Gasteiger partial charge on any atom is -0.382 e. The van der Waals surface area contributed by atoms with E-state index >= 15 is 0 Å². The number of hydrogen-bond donors (Lipinski definition) is 1. The summed E-state index contributed by atoms with van der Waals surface area (Å²) in [5, 5.41) is 0. The molecule has 0 radical (unpaired) electrons.